The topological polar surface area (TPSA) is 49.9 Å². The van der Waals surface area contributed by atoms with Crippen LogP contribution < -0.4 is 5.32 Å². The predicted octanol–water partition coefficient (Wildman–Crippen LogP) is 1.70. The van der Waals surface area contributed by atoms with Crippen LogP contribution in [0.1, 0.15) is 25.0 Å². The first-order valence-corrected chi connectivity index (χ1v) is 5.10. The molecule has 0 radical (unpaired) electrons. The largest absolute Gasteiger partial charge is 0.379 e. The van der Waals surface area contributed by atoms with Gasteiger partial charge in [0.2, 0.25) is 5.95 Å². The minimum atomic E-state index is 0.334. The van der Waals surface area contributed by atoms with Crippen molar-refractivity contribution in [2.45, 2.75) is 38.3 Å². The third kappa shape index (κ3) is 1.90. The second-order valence-electron chi connectivity index (χ2n) is 3.87. The first-order chi connectivity index (χ1) is 6.79. The fraction of sp³-hybridized carbons (Fsp3) is 0.700. The Balaban J connectivity index is 1.96. The summed E-state index contributed by atoms with van der Waals surface area (Å²) in [7, 11) is 1.78. The van der Waals surface area contributed by atoms with Crippen molar-refractivity contribution < 1.29 is 4.74 Å². The van der Waals surface area contributed by atoms with Gasteiger partial charge in [-0.05, 0) is 26.2 Å². The molecule has 2 unspecified atom stereocenters. The smallest absolute Gasteiger partial charge is 0.200 e. The number of methoxy groups -OCH3 is 1. The molecule has 1 aromatic heterocycles. The molecule has 1 saturated carbocycles. The number of hydrogen-bond donors (Lipinski definition) is 2. The highest BCUT2D eigenvalue weighted by Crippen LogP contribution is 2.23. The number of ether oxygens (including phenoxy) is 1. The third-order valence-electron chi connectivity index (χ3n) is 2.78. The van der Waals surface area contributed by atoms with E-state index in [1.54, 1.807) is 7.11 Å². The molecule has 2 N–H and O–H groups in total. The van der Waals surface area contributed by atoms with Crippen molar-refractivity contribution in [1.29, 1.82) is 0 Å². The summed E-state index contributed by atoms with van der Waals surface area (Å²) >= 11 is 0. The van der Waals surface area contributed by atoms with Crippen molar-refractivity contribution in [2.75, 3.05) is 12.4 Å². The van der Waals surface area contributed by atoms with Crippen molar-refractivity contribution in [3.05, 3.63) is 11.9 Å². The van der Waals surface area contributed by atoms with E-state index in [1.807, 2.05) is 13.1 Å². The Morgan fingerprint density at radius 1 is 1.57 bits per heavy atom. The summed E-state index contributed by atoms with van der Waals surface area (Å²) in [6.45, 7) is 2.00. The number of rotatable bonds is 3. The monoisotopic (exact) mass is 195 g/mol. The Bertz CT molecular complexity index is 297. The second kappa shape index (κ2) is 4.00. The van der Waals surface area contributed by atoms with Crippen molar-refractivity contribution in [3.8, 4) is 0 Å². The van der Waals surface area contributed by atoms with E-state index in [0.29, 0.717) is 12.1 Å². The van der Waals surface area contributed by atoms with E-state index in [0.717, 1.165) is 24.5 Å². The molecule has 0 saturated heterocycles. The molecule has 1 aliphatic carbocycles. The molecule has 0 aliphatic heterocycles. The van der Waals surface area contributed by atoms with Gasteiger partial charge in [0.25, 0.3) is 0 Å². The quantitative estimate of drug-likeness (QED) is 0.771. The number of hydrogen-bond acceptors (Lipinski definition) is 3. The maximum absolute atomic E-state index is 5.40. The molecule has 2 atom stereocenters. The summed E-state index contributed by atoms with van der Waals surface area (Å²) in [5.41, 5.74) is 1.08. The Labute approximate surface area is 84.1 Å². The molecule has 0 aromatic carbocycles. The number of H-pyrrole nitrogens is 1. The molecule has 1 fully saturated rings. The SMILES string of the molecule is COC1CCCC1Nc1ncc(C)[nH]1. The molecular formula is C10H17N3O. The molecule has 1 heterocycles. The average Bonchev–Trinajstić information content (AvgIpc) is 2.76. The molecule has 1 aromatic rings. The molecule has 4 nitrogen and oxygen atoms in total. The van der Waals surface area contributed by atoms with E-state index in [9.17, 15) is 0 Å². The van der Waals surface area contributed by atoms with Crippen LogP contribution in [0.3, 0.4) is 0 Å². The first-order valence-electron chi connectivity index (χ1n) is 5.10. The summed E-state index contributed by atoms with van der Waals surface area (Å²) in [6.07, 6.45) is 5.71. The molecule has 14 heavy (non-hydrogen) atoms. The zero-order valence-corrected chi connectivity index (χ0v) is 8.71. The maximum atomic E-state index is 5.40. The van der Waals surface area contributed by atoms with Crippen LogP contribution in [0, 0.1) is 6.92 Å². The lowest BCUT2D eigenvalue weighted by atomic mass is 10.2. The van der Waals surface area contributed by atoms with Gasteiger partial charge in [0, 0.05) is 19.0 Å². The van der Waals surface area contributed by atoms with Crippen molar-refractivity contribution in [3.63, 3.8) is 0 Å². The van der Waals surface area contributed by atoms with E-state index in [1.165, 1.54) is 6.42 Å². The van der Waals surface area contributed by atoms with Crippen LogP contribution in [0.15, 0.2) is 6.20 Å². The highest BCUT2D eigenvalue weighted by molar-refractivity contribution is 5.28. The number of aromatic amines is 1. The van der Waals surface area contributed by atoms with Crippen LogP contribution in [0.4, 0.5) is 5.95 Å². The third-order valence-corrected chi connectivity index (χ3v) is 2.78. The van der Waals surface area contributed by atoms with Gasteiger partial charge in [0.15, 0.2) is 0 Å². The summed E-state index contributed by atoms with van der Waals surface area (Å²) in [6, 6.07) is 0.408. The minimum absolute atomic E-state index is 0.334. The van der Waals surface area contributed by atoms with Gasteiger partial charge >= 0.3 is 0 Å². The van der Waals surface area contributed by atoms with E-state index in [2.05, 4.69) is 15.3 Å². The first kappa shape index (κ1) is 9.52. The van der Waals surface area contributed by atoms with Crippen LogP contribution in [-0.2, 0) is 4.74 Å². The summed E-state index contributed by atoms with van der Waals surface area (Å²) < 4.78 is 5.40. The zero-order valence-electron chi connectivity index (χ0n) is 8.71. The Morgan fingerprint density at radius 2 is 2.43 bits per heavy atom. The maximum Gasteiger partial charge on any atom is 0.200 e. The number of nitrogens with zero attached hydrogens (tertiary/aromatic N) is 1. The van der Waals surface area contributed by atoms with Gasteiger partial charge in [-0.1, -0.05) is 0 Å². The van der Waals surface area contributed by atoms with Crippen molar-refractivity contribution in [2.24, 2.45) is 0 Å². The van der Waals surface area contributed by atoms with E-state index >= 15 is 0 Å². The van der Waals surface area contributed by atoms with Gasteiger partial charge in [0.1, 0.15) is 0 Å². The molecule has 0 spiro atoms. The summed E-state index contributed by atoms with van der Waals surface area (Å²) in [4.78, 5) is 7.40. The fourth-order valence-electron chi connectivity index (χ4n) is 2.03. The molecule has 0 amide bonds. The van der Waals surface area contributed by atoms with Crippen LogP contribution in [0.2, 0.25) is 0 Å². The minimum Gasteiger partial charge on any atom is -0.379 e. The highest BCUT2D eigenvalue weighted by Gasteiger charge is 2.27. The second-order valence-corrected chi connectivity index (χ2v) is 3.87. The van der Waals surface area contributed by atoms with Crippen LogP contribution in [0.25, 0.3) is 0 Å². The van der Waals surface area contributed by atoms with Gasteiger partial charge < -0.3 is 15.0 Å². The van der Waals surface area contributed by atoms with Crippen molar-refractivity contribution in [1.82, 2.24) is 9.97 Å². The average molecular weight is 195 g/mol. The summed E-state index contributed by atoms with van der Waals surface area (Å²) in [5.74, 6) is 0.858. The number of nitrogens with one attached hydrogen (secondary N) is 2. The number of anilines is 1. The Hall–Kier alpha value is -1.03. The summed E-state index contributed by atoms with van der Waals surface area (Å²) in [5, 5.41) is 3.37. The molecule has 0 bridgehead atoms. The normalized spacial score (nSPS) is 26.7. The van der Waals surface area contributed by atoms with Gasteiger partial charge in [0.05, 0.1) is 12.1 Å². The molecule has 2 rings (SSSR count). The number of aryl methyl sites for hydroxylation is 1. The molecule has 4 heteroatoms. The highest BCUT2D eigenvalue weighted by atomic mass is 16.5. The van der Waals surface area contributed by atoms with Crippen LogP contribution >= 0.6 is 0 Å². The van der Waals surface area contributed by atoms with E-state index < -0.39 is 0 Å². The molecule has 1 aliphatic rings. The fourth-order valence-corrected chi connectivity index (χ4v) is 2.03. The lowest BCUT2D eigenvalue weighted by Gasteiger charge is -2.18. The lowest BCUT2D eigenvalue weighted by molar-refractivity contribution is 0.101. The lowest BCUT2D eigenvalue weighted by Crippen LogP contribution is -2.30. The van der Waals surface area contributed by atoms with Gasteiger partial charge in [-0.3, -0.25) is 0 Å². The Kier molecular flexibility index (Phi) is 2.72. The van der Waals surface area contributed by atoms with Gasteiger partial charge in [-0.15, -0.1) is 0 Å². The number of imidazole rings is 1. The van der Waals surface area contributed by atoms with Gasteiger partial charge in [-0.2, -0.15) is 0 Å². The zero-order chi connectivity index (χ0) is 9.97. The predicted molar refractivity (Wildman–Crippen MR) is 55.4 cm³/mol. The van der Waals surface area contributed by atoms with E-state index in [-0.39, 0.29) is 0 Å². The van der Waals surface area contributed by atoms with Gasteiger partial charge in [-0.25, -0.2) is 4.98 Å². The van der Waals surface area contributed by atoms with Crippen molar-refractivity contribution >= 4 is 5.95 Å². The standard InChI is InChI=1S/C10H17N3O/c1-7-6-11-10(12-7)13-8-4-3-5-9(8)14-2/h6,8-9H,3-5H2,1-2H3,(H2,11,12,13). The number of aromatic nitrogens is 2. The Morgan fingerprint density at radius 3 is 3.07 bits per heavy atom. The van der Waals surface area contributed by atoms with E-state index in [4.69, 9.17) is 4.74 Å². The van der Waals surface area contributed by atoms with Crippen LogP contribution in [-0.4, -0.2) is 29.2 Å². The molecular weight excluding hydrogens is 178 g/mol. The molecule has 78 valence electrons. The van der Waals surface area contributed by atoms with Crippen LogP contribution in [0.5, 0.6) is 0 Å².